The summed E-state index contributed by atoms with van der Waals surface area (Å²) in [4.78, 5) is 4.40. The van der Waals surface area contributed by atoms with Gasteiger partial charge in [0.25, 0.3) is 0 Å². The molecule has 1 aromatic heterocycles. The second kappa shape index (κ2) is 4.88. The van der Waals surface area contributed by atoms with E-state index in [0.29, 0.717) is 4.47 Å². The van der Waals surface area contributed by atoms with Crippen LogP contribution in [0.3, 0.4) is 0 Å². The number of aromatic nitrogens is 2. The van der Waals surface area contributed by atoms with Gasteiger partial charge in [0, 0.05) is 0 Å². The number of hydrogen-bond acceptors (Lipinski definition) is 2. The molecule has 4 heteroatoms. The number of rotatable bonds is 2. The van der Waals surface area contributed by atoms with Gasteiger partial charge in [0.05, 0.1) is 5.56 Å². The molecule has 0 aliphatic heterocycles. The molecule has 2 aromatic carbocycles. The smallest absolute Gasteiger partial charge is 0.131 e. The van der Waals surface area contributed by atoms with Crippen molar-refractivity contribution in [1.29, 1.82) is 0 Å². The molecule has 0 atom stereocenters. The van der Waals surface area contributed by atoms with Crippen molar-refractivity contribution in [3.05, 3.63) is 65.1 Å². The minimum atomic E-state index is 0.540. The molecule has 0 amide bonds. The molecule has 0 fully saturated rings. The van der Waals surface area contributed by atoms with E-state index in [4.69, 9.17) is 11.6 Å². The summed E-state index contributed by atoms with van der Waals surface area (Å²) >= 11 is 7.49. The van der Waals surface area contributed by atoms with Gasteiger partial charge >= 0.3 is 10.3 Å². The van der Waals surface area contributed by atoms with Crippen LogP contribution >= 0.6 is 23.1 Å². The molecule has 0 radical (unpaired) electrons. The Balaban J connectivity index is 2.17. The summed E-state index contributed by atoms with van der Waals surface area (Å²) in [5.74, 6) is 0.872. The summed E-state index contributed by atoms with van der Waals surface area (Å²) in [5.41, 5.74) is 2.13. The lowest BCUT2D eigenvalue weighted by molar-refractivity contribution is -0.510. The number of benzene rings is 2. The van der Waals surface area contributed by atoms with Crippen LogP contribution in [0.1, 0.15) is 0 Å². The van der Waals surface area contributed by atoms with Crippen molar-refractivity contribution in [3.63, 3.8) is 0 Å². The molecule has 2 nitrogen and oxygen atoms in total. The third-order valence-corrected chi connectivity index (χ3v) is 3.68. The molecule has 88 valence electrons. The molecular formula is C14H10ClN2S+. The van der Waals surface area contributed by atoms with Crippen LogP contribution < -0.4 is 3.96 Å². The minimum Gasteiger partial charge on any atom is -0.131 e. The normalized spacial score (nSPS) is 10.5. The van der Waals surface area contributed by atoms with Crippen molar-refractivity contribution in [2.45, 2.75) is 0 Å². The van der Waals surface area contributed by atoms with Crippen LogP contribution in [-0.4, -0.2) is 4.98 Å². The Labute approximate surface area is 114 Å². The zero-order chi connectivity index (χ0) is 12.4. The number of para-hydroxylation sites is 1. The van der Waals surface area contributed by atoms with E-state index < -0.39 is 0 Å². The van der Waals surface area contributed by atoms with Crippen molar-refractivity contribution in [3.8, 4) is 17.1 Å². The monoisotopic (exact) mass is 273 g/mol. The molecule has 0 saturated carbocycles. The average Bonchev–Trinajstić information content (AvgIpc) is 2.83. The van der Waals surface area contributed by atoms with E-state index in [1.165, 1.54) is 11.5 Å². The first-order chi connectivity index (χ1) is 8.84. The lowest BCUT2D eigenvalue weighted by atomic mass is 10.2. The highest BCUT2D eigenvalue weighted by atomic mass is 35.5. The summed E-state index contributed by atoms with van der Waals surface area (Å²) in [6.07, 6.45) is 0. The van der Waals surface area contributed by atoms with E-state index >= 15 is 0 Å². The summed E-state index contributed by atoms with van der Waals surface area (Å²) in [5, 5.41) is 0. The first-order valence-corrected chi connectivity index (χ1v) is 6.69. The lowest BCUT2D eigenvalue weighted by Gasteiger charge is -1.96. The predicted octanol–water partition coefficient (Wildman–Crippen LogP) is 3.74. The molecule has 18 heavy (non-hydrogen) atoms. The second-order valence-electron chi connectivity index (χ2n) is 3.78. The molecule has 0 N–H and O–H groups in total. The second-order valence-corrected chi connectivity index (χ2v) is 5.29. The van der Waals surface area contributed by atoms with E-state index in [2.05, 4.69) is 4.98 Å². The largest absolute Gasteiger partial charge is 0.349 e. The number of nitrogens with zero attached hydrogens (tertiary/aromatic N) is 2. The van der Waals surface area contributed by atoms with Crippen molar-refractivity contribution in [2.75, 3.05) is 0 Å². The van der Waals surface area contributed by atoms with Gasteiger partial charge in [-0.05, 0) is 40.9 Å². The van der Waals surface area contributed by atoms with Gasteiger partial charge < -0.3 is 0 Å². The first kappa shape index (κ1) is 11.4. The Bertz CT molecular complexity index is 593. The average molecular weight is 274 g/mol. The van der Waals surface area contributed by atoms with Gasteiger partial charge in [-0.25, -0.2) is 0 Å². The van der Waals surface area contributed by atoms with Crippen LogP contribution in [0, 0.1) is 0 Å². The molecule has 0 aliphatic carbocycles. The zero-order valence-corrected chi connectivity index (χ0v) is 11.0. The summed E-state index contributed by atoms with van der Waals surface area (Å²) in [7, 11) is 0. The zero-order valence-electron chi connectivity index (χ0n) is 9.45. The predicted molar refractivity (Wildman–Crippen MR) is 74.1 cm³/mol. The molecule has 3 aromatic rings. The lowest BCUT2D eigenvalue weighted by Crippen LogP contribution is -2.27. The summed E-state index contributed by atoms with van der Waals surface area (Å²) in [6.45, 7) is 0. The fraction of sp³-hybridized carbons (Fsp3) is 0. The van der Waals surface area contributed by atoms with Crippen LogP contribution in [0.4, 0.5) is 0 Å². The standard InChI is InChI=1S/C14H10ClN2S/c15-14-16-13(11-7-3-1-4-8-11)17(18-14)12-9-5-2-6-10-12/h1-10H/q+1. The molecule has 3 rings (SSSR count). The van der Waals surface area contributed by atoms with Crippen LogP contribution in [0.15, 0.2) is 60.7 Å². The molecule has 0 aliphatic rings. The van der Waals surface area contributed by atoms with E-state index in [9.17, 15) is 0 Å². The molecule has 1 heterocycles. The number of halogens is 1. The van der Waals surface area contributed by atoms with E-state index in [1.807, 2.05) is 64.6 Å². The maximum absolute atomic E-state index is 6.05. The summed E-state index contributed by atoms with van der Waals surface area (Å²) in [6, 6.07) is 20.1. The van der Waals surface area contributed by atoms with Gasteiger partial charge in [0.15, 0.2) is 0 Å². The third kappa shape index (κ3) is 2.15. The Morgan fingerprint density at radius 1 is 0.889 bits per heavy atom. The van der Waals surface area contributed by atoms with Gasteiger partial charge in [-0.1, -0.05) is 36.4 Å². The first-order valence-electron chi connectivity index (χ1n) is 5.54. The topological polar surface area (TPSA) is 16.8 Å². The third-order valence-electron chi connectivity index (χ3n) is 2.58. The van der Waals surface area contributed by atoms with Crippen LogP contribution in [0.2, 0.25) is 4.47 Å². The Kier molecular flexibility index (Phi) is 3.09. The van der Waals surface area contributed by atoms with Gasteiger partial charge in [0.2, 0.25) is 0 Å². The van der Waals surface area contributed by atoms with Crippen molar-refractivity contribution >= 4 is 23.1 Å². The minimum absolute atomic E-state index is 0.540. The van der Waals surface area contributed by atoms with Gasteiger partial charge in [-0.15, -0.1) is 3.96 Å². The van der Waals surface area contributed by atoms with Crippen molar-refractivity contribution < 1.29 is 3.96 Å². The van der Waals surface area contributed by atoms with Crippen LogP contribution in [0.5, 0.6) is 0 Å². The SMILES string of the molecule is Clc1nc(-c2ccccc2)[n+](-c2ccccc2)s1. The highest BCUT2D eigenvalue weighted by Gasteiger charge is 2.22. The molecule has 0 saturated heterocycles. The fourth-order valence-electron chi connectivity index (χ4n) is 1.78. The molecular weight excluding hydrogens is 264 g/mol. The highest BCUT2D eigenvalue weighted by molar-refractivity contribution is 7.06. The molecule has 0 unspecified atom stereocenters. The maximum atomic E-state index is 6.05. The van der Waals surface area contributed by atoms with E-state index in [1.54, 1.807) is 0 Å². The van der Waals surface area contributed by atoms with Gasteiger partial charge in [0.1, 0.15) is 17.2 Å². The molecule has 0 bridgehead atoms. The van der Waals surface area contributed by atoms with E-state index in [-0.39, 0.29) is 0 Å². The van der Waals surface area contributed by atoms with Crippen molar-refractivity contribution in [2.24, 2.45) is 0 Å². The van der Waals surface area contributed by atoms with Crippen LogP contribution in [-0.2, 0) is 0 Å². The van der Waals surface area contributed by atoms with Gasteiger partial charge in [-0.3, -0.25) is 0 Å². The number of hydrogen-bond donors (Lipinski definition) is 0. The van der Waals surface area contributed by atoms with Crippen LogP contribution in [0.25, 0.3) is 17.1 Å². The highest BCUT2D eigenvalue weighted by Crippen LogP contribution is 2.21. The fourth-order valence-corrected chi connectivity index (χ4v) is 2.80. The quantitative estimate of drug-likeness (QED) is 0.650. The maximum Gasteiger partial charge on any atom is 0.349 e. The Hall–Kier alpha value is -1.71. The van der Waals surface area contributed by atoms with Crippen molar-refractivity contribution in [1.82, 2.24) is 4.98 Å². The van der Waals surface area contributed by atoms with E-state index in [0.717, 1.165) is 17.1 Å². The molecule has 0 spiro atoms. The summed E-state index contributed by atoms with van der Waals surface area (Å²) < 4.78 is 2.58. The Morgan fingerprint density at radius 2 is 1.50 bits per heavy atom. The van der Waals surface area contributed by atoms with Gasteiger partial charge in [-0.2, -0.15) is 0 Å². The Morgan fingerprint density at radius 3 is 2.17 bits per heavy atom.